The molecule has 2 aromatic rings. The highest BCUT2D eigenvalue weighted by atomic mass is 35.5. The maximum absolute atomic E-state index is 13.1. The van der Waals surface area contributed by atoms with Crippen LogP contribution in [0.25, 0.3) is 0 Å². The van der Waals surface area contributed by atoms with Crippen molar-refractivity contribution in [1.82, 2.24) is 14.9 Å². The minimum Gasteiger partial charge on any atom is -0.368 e. The van der Waals surface area contributed by atoms with E-state index in [-0.39, 0.29) is 5.92 Å². The maximum Gasteiger partial charge on any atom is 0.225 e. The molecule has 1 amide bonds. The standard InChI is InChI=1S/C22H29ClN6O/c1-26(2)21-20(15-24-16-25-21)28-8-6-17(7-9-28)22(30)29-12-10-27(11-13-29)19-5-3-4-18(23)14-19/h3-5,14-17H,6-13H2,1-2H3. The third kappa shape index (κ3) is 4.46. The van der Waals surface area contributed by atoms with E-state index in [0.717, 1.165) is 74.3 Å². The van der Waals surface area contributed by atoms with Crippen molar-refractivity contribution in [2.45, 2.75) is 12.8 Å². The Bertz CT molecular complexity index is 875. The van der Waals surface area contributed by atoms with Crippen LogP contribution in [0.5, 0.6) is 0 Å². The van der Waals surface area contributed by atoms with E-state index in [9.17, 15) is 4.79 Å². The molecule has 2 saturated heterocycles. The van der Waals surface area contributed by atoms with Crippen LogP contribution < -0.4 is 14.7 Å². The van der Waals surface area contributed by atoms with Gasteiger partial charge in [-0.25, -0.2) is 9.97 Å². The van der Waals surface area contributed by atoms with Crippen LogP contribution in [-0.2, 0) is 4.79 Å². The van der Waals surface area contributed by atoms with Crippen LogP contribution in [0, 0.1) is 5.92 Å². The number of carbonyl (C=O) groups excluding carboxylic acids is 1. The Morgan fingerprint density at radius 2 is 1.80 bits per heavy atom. The molecule has 3 heterocycles. The van der Waals surface area contributed by atoms with Crippen LogP contribution in [0.2, 0.25) is 5.02 Å². The second-order valence-corrected chi connectivity index (χ2v) is 8.62. The van der Waals surface area contributed by atoms with Crippen molar-refractivity contribution in [3.05, 3.63) is 41.8 Å². The third-order valence-corrected chi connectivity index (χ3v) is 6.28. The van der Waals surface area contributed by atoms with Gasteiger partial charge in [-0.2, -0.15) is 0 Å². The molecule has 0 radical (unpaired) electrons. The van der Waals surface area contributed by atoms with E-state index in [4.69, 9.17) is 11.6 Å². The highest BCUT2D eigenvalue weighted by molar-refractivity contribution is 6.30. The maximum atomic E-state index is 13.1. The van der Waals surface area contributed by atoms with Crippen LogP contribution >= 0.6 is 11.6 Å². The number of hydrogen-bond donors (Lipinski definition) is 0. The number of carbonyl (C=O) groups is 1. The average Bonchev–Trinajstić information content (AvgIpc) is 2.79. The Labute approximate surface area is 183 Å². The van der Waals surface area contributed by atoms with Gasteiger partial charge in [-0.05, 0) is 31.0 Å². The number of rotatable bonds is 4. The third-order valence-electron chi connectivity index (χ3n) is 6.05. The number of benzene rings is 1. The summed E-state index contributed by atoms with van der Waals surface area (Å²) in [5, 5.41) is 0.749. The number of aromatic nitrogens is 2. The molecule has 0 unspecified atom stereocenters. The van der Waals surface area contributed by atoms with Gasteiger partial charge in [-0.3, -0.25) is 4.79 Å². The molecule has 0 atom stereocenters. The summed E-state index contributed by atoms with van der Waals surface area (Å²) in [5.74, 6) is 1.33. The highest BCUT2D eigenvalue weighted by Crippen LogP contribution is 2.30. The van der Waals surface area contributed by atoms with E-state index >= 15 is 0 Å². The van der Waals surface area contributed by atoms with Gasteiger partial charge < -0.3 is 19.6 Å². The summed E-state index contributed by atoms with van der Waals surface area (Å²) in [7, 11) is 3.98. The van der Waals surface area contributed by atoms with Gasteiger partial charge in [0.25, 0.3) is 0 Å². The fourth-order valence-electron chi connectivity index (χ4n) is 4.37. The van der Waals surface area contributed by atoms with Gasteiger partial charge in [0, 0.05) is 70.0 Å². The molecule has 1 aromatic carbocycles. The fourth-order valence-corrected chi connectivity index (χ4v) is 4.55. The highest BCUT2D eigenvalue weighted by Gasteiger charge is 2.31. The van der Waals surface area contributed by atoms with Crippen LogP contribution in [0.4, 0.5) is 17.2 Å². The zero-order valence-corrected chi connectivity index (χ0v) is 18.4. The van der Waals surface area contributed by atoms with Crippen molar-refractivity contribution < 1.29 is 4.79 Å². The molecule has 2 aliphatic rings. The molecule has 8 heteroatoms. The molecule has 0 spiro atoms. The lowest BCUT2D eigenvalue weighted by atomic mass is 9.94. The Kier molecular flexibility index (Phi) is 6.27. The summed E-state index contributed by atoms with van der Waals surface area (Å²) in [6, 6.07) is 7.93. The number of piperidine rings is 1. The number of hydrogen-bond acceptors (Lipinski definition) is 6. The minimum atomic E-state index is 0.103. The normalized spacial score (nSPS) is 17.9. The van der Waals surface area contributed by atoms with Crippen molar-refractivity contribution in [1.29, 1.82) is 0 Å². The summed E-state index contributed by atoms with van der Waals surface area (Å²) in [4.78, 5) is 30.4. The molecule has 30 heavy (non-hydrogen) atoms. The van der Waals surface area contributed by atoms with Gasteiger partial charge in [-0.1, -0.05) is 17.7 Å². The van der Waals surface area contributed by atoms with Gasteiger partial charge in [0.1, 0.15) is 6.33 Å². The SMILES string of the molecule is CN(C)c1ncncc1N1CCC(C(=O)N2CCN(c3cccc(Cl)c3)CC2)CC1. The molecular formula is C22H29ClN6O. The van der Waals surface area contributed by atoms with E-state index in [0.29, 0.717) is 5.91 Å². The summed E-state index contributed by atoms with van der Waals surface area (Å²) in [5.41, 5.74) is 2.17. The number of halogens is 1. The first-order chi connectivity index (χ1) is 14.5. The van der Waals surface area contributed by atoms with E-state index in [1.807, 2.05) is 48.3 Å². The van der Waals surface area contributed by atoms with Crippen molar-refractivity contribution >= 4 is 34.7 Å². The lowest BCUT2D eigenvalue weighted by molar-refractivity contribution is -0.136. The number of amides is 1. The first-order valence-electron chi connectivity index (χ1n) is 10.5. The largest absolute Gasteiger partial charge is 0.368 e. The molecule has 1 aromatic heterocycles. The van der Waals surface area contributed by atoms with Crippen molar-refractivity contribution in [2.24, 2.45) is 5.92 Å². The van der Waals surface area contributed by atoms with Crippen molar-refractivity contribution in [2.75, 3.05) is 68.1 Å². The number of anilines is 3. The average molecular weight is 429 g/mol. The molecule has 4 rings (SSSR count). The zero-order chi connectivity index (χ0) is 21.1. The molecule has 160 valence electrons. The predicted octanol–water partition coefficient (Wildman–Crippen LogP) is 2.76. The number of piperazine rings is 1. The molecule has 7 nitrogen and oxygen atoms in total. The Balaban J connectivity index is 1.31. The van der Waals surface area contributed by atoms with Crippen molar-refractivity contribution in [3.8, 4) is 0 Å². The molecule has 0 saturated carbocycles. The fraction of sp³-hybridized carbons (Fsp3) is 0.500. The van der Waals surface area contributed by atoms with Gasteiger partial charge in [-0.15, -0.1) is 0 Å². The van der Waals surface area contributed by atoms with E-state index in [1.165, 1.54) is 0 Å². The minimum absolute atomic E-state index is 0.103. The smallest absolute Gasteiger partial charge is 0.225 e. The molecule has 0 bridgehead atoms. The van der Waals surface area contributed by atoms with Crippen LogP contribution in [0.15, 0.2) is 36.8 Å². The second-order valence-electron chi connectivity index (χ2n) is 8.18. The Morgan fingerprint density at radius 1 is 1.07 bits per heavy atom. The molecule has 2 fully saturated rings. The monoisotopic (exact) mass is 428 g/mol. The van der Waals surface area contributed by atoms with Gasteiger partial charge in [0.05, 0.1) is 11.9 Å². The Morgan fingerprint density at radius 3 is 2.47 bits per heavy atom. The van der Waals surface area contributed by atoms with Gasteiger partial charge in [0.2, 0.25) is 5.91 Å². The van der Waals surface area contributed by atoms with Crippen LogP contribution in [0.3, 0.4) is 0 Å². The second kappa shape index (κ2) is 9.08. The molecule has 2 aliphatic heterocycles. The summed E-state index contributed by atoms with van der Waals surface area (Å²) in [6.07, 6.45) is 5.20. The predicted molar refractivity (Wildman–Crippen MR) is 122 cm³/mol. The summed E-state index contributed by atoms with van der Waals surface area (Å²) >= 11 is 6.12. The quantitative estimate of drug-likeness (QED) is 0.746. The first-order valence-corrected chi connectivity index (χ1v) is 10.9. The first kappa shape index (κ1) is 20.7. The van der Waals surface area contributed by atoms with E-state index in [1.54, 1.807) is 6.33 Å². The Hall–Kier alpha value is -2.54. The topological polar surface area (TPSA) is 55.8 Å². The molecule has 0 aliphatic carbocycles. The van der Waals surface area contributed by atoms with Crippen LogP contribution in [-0.4, -0.2) is 74.1 Å². The van der Waals surface area contributed by atoms with Crippen LogP contribution in [0.1, 0.15) is 12.8 Å². The van der Waals surface area contributed by atoms with Gasteiger partial charge in [0.15, 0.2) is 5.82 Å². The molecular weight excluding hydrogens is 400 g/mol. The lowest BCUT2D eigenvalue weighted by Gasteiger charge is -2.40. The van der Waals surface area contributed by atoms with E-state index in [2.05, 4.69) is 25.8 Å². The van der Waals surface area contributed by atoms with E-state index < -0.39 is 0 Å². The molecule has 0 N–H and O–H groups in total. The zero-order valence-electron chi connectivity index (χ0n) is 17.7. The lowest BCUT2D eigenvalue weighted by Crippen LogP contribution is -2.51. The summed E-state index contributed by atoms with van der Waals surface area (Å²) in [6.45, 7) is 4.93. The summed E-state index contributed by atoms with van der Waals surface area (Å²) < 4.78 is 0. The van der Waals surface area contributed by atoms with Crippen molar-refractivity contribution in [3.63, 3.8) is 0 Å². The number of nitrogens with zero attached hydrogens (tertiary/aromatic N) is 6. The van der Waals surface area contributed by atoms with Gasteiger partial charge >= 0.3 is 0 Å².